The molecule has 0 saturated heterocycles. The summed E-state index contributed by atoms with van der Waals surface area (Å²) in [7, 11) is 1.54. The van der Waals surface area contributed by atoms with Crippen molar-refractivity contribution in [3.05, 3.63) is 29.3 Å². The molecule has 1 unspecified atom stereocenters. The van der Waals surface area contributed by atoms with Crippen LogP contribution >= 0.6 is 0 Å². The zero-order chi connectivity index (χ0) is 11.3. The number of benzene rings is 1. The fraction of sp³-hybridized carbons (Fsp3) is 0.455. The molecule has 0 aromatic heterocycles. The normalized spacial score (nSPS) is 12.5. The Balaban J connectivity index is 2.99. The fourth-order valence-electron chi connectivity index (χ4n) is 1.53. The van der Waals surface area contributed by atoms with E-state index in [4.69, 9.17) is 10.6 Å². The van der Waals surface area contributed by atoms with Crippen LogP contribution in [0.5, 0.6) is 5.75 Å². The first-order chi connectivity index (χ1) is 7.20. The van der Waals surface area contributed by atoms with Crippen LogP contribution in [0.4, 0.5) is 4.39 Å². The van der Waals surface area contributed by atoms with Crippen molar-refractivity contribution in [3.8, 4) is 5.75 Å². The number of methoxy groups -OCH3 is 1. The first-order valence-electron chi connectivity index (χ1n) is 4.82. The number of hydrogen-bond acceptors (Lipinski definition) is 3. The Labute approximate surface area is 88.9 Å². The van der Waals surface area contributed by atoms with Crippen LogP contribution in [0.2, 0.25) is 0 Å². The lowest BCUT2D eigenvalue weighted by molar-refractivity contribution is 0.140. The summed E-state index contributed by atoms with van der Waals surface area (Å²) in [6.45, 7) is 1.88. The molecular weight excluding hydrogens is 197 g/mol. The molecule has 0 bridgehead atoms. The maximum absolute atomic E-state index is 13.2. The molecule has 2 N–H and O–H groups in total. The molecule has 0 heterocycles. The topological polar surface area (TPSA) is 44.5 Å². The van der Waals surface area contributed by atoms with Crippen molar-refractivity contribution in [1.29, 1.82) is 0 Å². The van der Waals surface area contributed by atoms with Gasteiger partial charge in [0.25, 0.3) is 0 Å². The predicted octanol–water partition coefficient (Wildman–Crippen LogP) is 2.16. The van der Waals surface area contributed by atoms with E-state index in [0.717, 1.165) is 5.56 Å². The number of rotatable bonds is 5. The standard InChI is InChI=1S/C11H16FNO2/c1-8(12)10-5-3-4-9(6-7-15-13)11(10)14-2/h3-5,8H,6-7,13H2,1-2H3. The van der Waals surface area contributed by atoms with Gasteiger partial charge in [0, 0.05) is 12.0 Å². The SMILES string of the molecule is COc1c(CCON)cccc1C(C)F. The summed E-state index contributed by atoms with van der Waals surface area (Å²) in [5.74, 6) is 5.54. The van der Waals surface area contributed by atoms with Gasteiger partial charge >= 0.3 is 0 Å². The van der Waals surface area contributed by atoms with Gasteiger partial charge in [-0.3, -0.25) is 0 Å². The van der Waals surface area contributed by atoms with Crippen LogP contribution < -0.4 is 10.6 Å². The second-order valence-electron chi connectivity index (χ2n) is 3.28. The third-order valence-corrected chi connectivity index (χ3v) is 2.25. The van der Waals surface area contributed by atoms with Crippen molar-refractivity contribution in [3.63, 3.8) is 0 Å². The van der Waals surface area contributed by atoms with Crippen molar-refractivity contribution in [2.75, 3.05) is 13.7 Å². The summed E-state index contributed by atoms with van der Waals surface area (Å²) >= 11 is 0. The highest BCUT2D eigenvalue weighted by Crippen LogP contribution is 2.30. The number of para-hydroxylation sites is 1. The second kappa shape index (κ2) is 5.68. The monoisotopic (exact) mass is 213 g/mol. The molecule has 0 aliphatic carbocycles. The number of halogens is 1. The van der Waals surface area contributed by atoms with Crippen LogP contribution in [0.25, 0.3) is 0 Å². The zero-order valence-electron chi connectivity index (χ0n) is 9.00. The van der Waals surface area contributed by atoms with Crippen LogP contribution in [0, 0.1) is 0 Å². The van der Waals surface area contributed by atoms with E-state index < -0.39 is 6.17 Å². The largest absolute Gasteiger partial charge is 0.496 e. The third-order valence-electron chi connectivity index (χ3n) is 2.25. The lowest BCUT2D eigenvalue weighted by Gasteiger charge is -2.13. The molecule has 0 aliphatic rings. The Kier molecular flexibility index (Phi) is 4.52. The third kappa shape index (κ3) is 2.91. The molecule has 4 heteroatoms. The molecule has 0 aliphatic heterocycles. The second-order valence-corrected chi connectivity index (χ2v) is 3.28. The Morgan fingerprint density at radius 3 is 2.73 bits per heavy atom. The Bertz CT molecular complexity index is 315. The van der Waals surface area contributed by atoms with E-state index >= 15 is 0 Å². The quantitative estimate of drug-likeness (QED) is 0.762. The molecule has 3 nitrogen and oxygen atoms in total. The van der Waals surface area contributed by atoms with E-state index in [0.29, 0.717) is 24.3 Å². The fourth-order valence-corrected chi connectivity index (χ4v) is 1.53. The van der Waals surface area contributed by atoms with E-state index in [1.807, 2.05) is 6.07 Å². The number of ether oxygens (including phenoxy) is 1. The molecule has 1 atom stereocenters. The number of hydrogen-bond donors (Lipinski definition) is 1. The van der Waals surface area contributed by atoms with Gasteiger partial charge in [0.2, 0.25) is 0 Å². The molecular formula is C11H16FNO2. The van der Waals surface area contributed by atoms with Crippen molar-refractivity contribution in [2.24, 2.45) is 5.90 Å². The van der Waals surface area contributed by atoms with E-state index in [-0.39, 0.29) is 0 Å². The average Bonchev–Trinajstić information content (AvgIpc) is 2.25. The van der Waals surface area contributed by atoms with Gasteiger partial charge in [0.05, 0.1) is 13.7 Å². The first kappa shape index (κ1) is 11.9. The lowest BCUT2D eigenvalue weighted by Crippen LogP contribution is -2.06. The minimum atomic E-state index is -1.04. The van der Waals surface area contributed by atoms with Gasteiger partial charge < -0.3 is 9.57 Å². The zero-order valence-corrected chi connectivity index (χ0v) is 9.00. The van der Waals surface area contributed by atoms with Gasteiger partial charge in [-0.05, 0) is 12.5 Å². The minimum Gasteiger partial charge on any atom is -0.496 e. The smallest absolute Gasteiger partial charge is 0.128 e. The van der Waals surface area contributed by atoms with Gasteiger partial charge in [-0.2, -0.15) is 0 Å². The molecule has 84 valence electrons. The Morgan fingerprint density at radius 2 is 2.20 bits per heavy atom. The summed E-state index contributed by atoms with van der Waals surface area (Å²) in [5.41, 5.74) is 1.47. The first-order valence-corrected chi connectivity index (χ1v) is 4.82. The molecule has 1 aromatic carbocycles. The van der Waals surface area contributed by atoms with Gasteiger partial charge in [0.1, 0.15) is 11.9 Å². The van der Waals surface area contributed by atoms with Crippen LogP contribution in [0.15, 0.2) is 18.2 Å². The molecule has 0 saturated carbocycles. The predicted molar refractivity (Wildman–Crippen MR) is 56.4 cm³/mol. The summed E-state index contributed by atoms with van der Waals surface area (Å²) in [5, 5.41) is 0. The summed E-state index contributed by atoms with van der Waals surface area (Å²) in [4.78, 5) is 4.50. The maximum Gasteiger partial charge on any atom is 0.128 e. The highest BCUT2D eigenvalue weighted by molar-refractivity contribution is 5.42. The Hall–Kier alpha value is -1.13. The van der Waals surface area contributed by atoms with E-state index in [1.165, 1.54) is 14.0 Å². The molecule has 0 fully saturated rings. The Morgan fingerprint density at radius 1 is 1.47 bits per heavy atom. The van der Waals surface area contributed by atoms with E-state index in [1.54, 1.807) is 12.1 Å². The summed E-state index contributed by atoms with van der Waals surface area (Å²) in [6, 6.07) is 5.40. The number of alkyl halides is 1. The molecule has 0 amide bonds. The molecule has 0 spiro atoms. The van der Waals surface area contributed by atoms with Crippen LogP contribution in [0.1, 0.15) is 24.2 Å². The lowest BCUT2D eigenvalue weighted by atomic mass is 10.0. The van der Waals surface area contributed by atoms with Gasteiger partial charge in [-0.1, -0.05) is 18.2 Å². The molecule has 15 heavy (non-hydrogen) atoms. The van der Waals surface area contributed by atoms with Crippen LogP contribution in [0.3, 0.4) is 0 Å². The van der Waals surface area contributed by atoms with Crippen molar-refractivity contribution < 1.29 is 14.0 Å². The summed E-state index contributed by atoms with van der Waals surface area (Å²) < 4.78 is 18.4. The minimum absolute atomic E-state index is 0.389. The molecule has 1 aromatic rings. The van der Waals surface area contributed by atoms with E-state index in [9.17, 15) is 4.39 Å². The summed E-state index contributed by atoms with van der Waals surface area (Å²) in [6.07, 6.45) is -0.432. The molecule has 1 rings (SSSR count). The van der Waals surface area contributed by atoms with Gasteiger partial charge in [-0.15, -0.1) is 0 Å². The van der Waals surface area contributed by atoms with Gasteiger partial charge in [0.15, 0.2) is 0 Å². The van der Waals surface area contributed by atoms with E-state index in [2.05, 4.69) is 4.84 Å². The van der Waals surface area contributed by atoms with Crippen LogP contribution in [-0.4, -0.2) is 13.7 Å². The van der Waals surface area contributed by atoms with Crippen LogP contribution in [-0.2, 0) is 11.3 Å². The van der Waals surface area contributed by atoms with Crippen molar-refractivity contribution in [2.45, 2.75) is 19.5 Å². The highest BCUT2D eigenvalue weighted by Gasteiger charge is 2.13. The average molecular weight is 213 g/mol. The highest BCUT2D eigenvalue weighted by atomic mass is 19.1. The van der Waals surface area contributed by atoms with Gasteiger partial charge in [-0.25, -0.2) is 10.3 Å². The molecule has 0 radical (unpaired) electrons. The van der Waals surface area contributed by atoms with Crippen molar-refractivity contribution in [1.82, 2.24) is 0 Å². The van der Waals surface area contributed by atoms with Crippen molar-refractivity contribution >= 4 is 0 Å². The number of nitrogens with two attached hydrogens (primary N) is 1. The maximum atomic E-state index is 13.2.